The maximum atomic E-state index is 12.9. The van der Waals surface area contributed by atoms with Gasteiger partial charge in [0.1, 0.15) is 5.03 Å². The van der Waals surface area contributed by atoms with Gasteiger partial charge in [-0.25, -0.2) is 15.0 Å². The molecule has 0 N–H and O–H groups in total. The van der Waals surface area contributed by atoms with Crippen LogP contribution in [0.5, 0.6) is 0 Å². The minimum Gasteiger partial charge on any atom is -0.303 e. The van der Waals surface area contributed by atoms with E-state index in [1.807, 2.05) is 26.0 Å². The lowest BCUT2D eigenvalue weighted by Crippen LogP contribution is -2.31. The van der Waals surface area contributed by atoms with E-state index in [4.69, 9.17) is 0 Å². The first kappa shape index (κ1) is 18.7. The number of aryl methyl sites for hydroxylation is 2. The van der Waals surface area contributed by atoms with Crippen molar-refractivity contribution in [2.24, 2.45) is 0 Å². The Morgan fingerprint density at radius 3 is 2.56 bits per heavy atom. The summed E-state index contributed by atoms with van der Waals surface area (Å²) in [6.45, 7) is 7.98. The third-order valence-corrected chi connectivity index (χ3v) is 4.47. The van der Waals surface area contributed by atoms with Crippen LogP contribution in [0.25, 0.3) is 0 Å². The maximum Gasteiger partial charge on any atom is 0.260 e. The molecule has 0 saturated carbocycles. The zero-order valence-corrected chi connectivity index (χ0v) is 16.0. The van der Waals surface area contributed by atoms with Crippen LogP contribution >= 0.6 is 11.8 Å². The van der Waals surface area contributed by atoms with E-state index >= 15 is 0 Å². The largest absolute Gasteiger partial charge is 0.303 e. The summed E-state index contributed by atoms with van der Waals surface area (Å²) in [5, 5.41) is 1.37. The monoisotopic (exact) mass is 377 g/mol. The van der Waals surface area contributed by atoms with Crippen LogP contribution in [-0.2, 0) is 0 Å². The number of carbonyl (C=O) groups excluding carboxylic acids is 1. The van der Waals surface area contributed by atoms with Crippen molar-refractivity contribution in [3.63, 3.8) is 0 Å². The number of anilines is 1. The van der Waals surface area contributed by atoms with Gasteiger partial charge in [-0.15, -0.1) is 6.58 Å². The fourth-order valence-corrected chi connectivity index (χ4v) is 3.31. The smallest absolute Gasteiger partial charge is 0.260 e. The molecule has 27 heavy (non-hydrogen) atoms. The molecule has 0 aromatic carbocycles. The fourth-order valence-electron chi connectivity index (χ4n) is 2.50. The zero-order chi connectivity index (χ0) is 19.2. The zero-order valence-electron chi connectivity index (χ0n) is 15.2. The van der Waals surface area contributed by atoms with E-state index in [1.54, 1.807) is 47.8 Å². The summed E-state index contributed by atoms with van der Waals surface area (Å²) in [5.74, 6) is -0.158. The van der Waals surface area contributed by atoms with Crippen LogP contribution in [0.2, 0.25) is 0 Å². The molecule has 3 heterocycles. The molecule has 136 valence electrons. The van der Waals surface area contributed by atoms with Crippen molar-refractivity contribution in [1.29, 1.82) is 0 Å². The molecule has 0 spiro atoms. The molecular weight excluding hydrogens is 358 g/mol. The Morgan fingerprint density at radius 2 is 1.96 bits per heavy atom. The number of rotatable bonds is 6. The Morgan fingerprint density at radius 1 is 1.19 bits per heavy atom. The lowest BCUT2D eigenvalue weighted by Gasteiger charge is -2.20. The first-order valence-corrected chi connectivity index (χ1v) is 9.17. The van der Waals surface area contributed by atoms with Crippen LogP contribution in [0.3, 0.4) is 0 Å². The van der Waals surface area contributed by atoms with Crippen LogP contribution in [0.1, 0.15) is 21.7 Å². The second-order valence-electron chi connectivity index (χ2n) is 5.84. The molecule has 3 aromatic heterocycles. The average Bonchev–Trinajstić information content (AvgIpc) is 2.66. The van der Waals surface area contributed by atoms with Crippen molar-refractivity contribution in [3.05, 3.63) is 78.5 Å². The number of nitrogens with zero attached hydrogens (tertiary/aromatic N) is 5. The molecule has 0 bridgehead atoms. The summed E-state index contributed by atoms with van der Waals surface area (Å²) in [6.07, 6.45) is 6.57. The van der Waals surface area contributed by atoms with E-state index in [1.165, 1.54) is 11.8 Å². The average molecular weight is 377 g/mol. The number of hydrogen-bond acceptors (Lipinski definition) is 6. The maximum absolute atomic E-state index is 12.9. The summed E-state index contributed by atoms with van der Waals surface area (Å²) in [6, 6.07) is 9.11. The predicted octanol–water partition coefficient (Wildman–Crippen LogP) is 3.87. The van der Waals surface area contributed by atoms with Gasteiger partial charge in [-0.05, 0) is 55.9 Å². The molecule has 0 unspecified atom stereocenters. The fraction of sp³-hybridized carbons (Fsp3) is 0.150. The number of pyridine rings is 2. The predicted molar refractivity (Wildman–Crippen MR) is 106 cm³/mol. The van der Waals surface area contributed by atoms with Crippen molar-refractivity contribution >= 4 is 23.4 Å². The Kier molecular flexibility index (Phi) is 5.93. The molecule has 1 amide bonds. The highest BCUT2D eigenvalue weighted by atomic mass is 32.2. The van der Waals surface area contributed by atoms with Gasteiger partial charge >= 0.3 is 0 Å². The van der Waals surface area contributed by atoms with Gasteiger partial charge in [0.05, 0.1) is 17.4 Å². The highest BCUT2D eigenvalue weighted by Gasteiger charge is 2.17. The Balaban J connectivity index is 1.79. The molecular formula is C20H19N5OS. The molecule has 0 aliphatic rings. The summed E-state index contributed by atoms with van der Waals surface area (Å²) in [7, 11) is 0. The quantitative estimate of drug-likeness (QED) is 0.480. The van der Waals surface area contributed by atoms with Crippen molar-refractivity contribution < 1.29 is 4.79 Å². The van der Waals surface area contributed by atoms with Gasteiger partial charge in [-0.3, -0.25) is 9.78 Å². The minimum atomic E-state index is -0.158. The molecule has 0 atom stereocenters. The Bertz CT molecular complexity index is 924. The second kappa shape index (κ2) is 8.55. The van der Waals surface area contributed by atoms with Gasteiger partial charge < -0.3 is 4.90 Å². The summed E-state index contributed by atoms with van der Waals surface area (Å²) < 4.78 is 0. The number of amides is 1. The molecule has 0 fully saturated rings. The summed E-state index contributed by atoms with van der Waals surface area (Å²) in [5.41, 5.74) is 3.03. The van der Waals surface area contributed by atoms with E-state index in [2.05, 4.69) is 26.5 Å². The van der Waals surface area contributed by atoms with E-state index in [9.17, 15) is 4.79 Å². The molecule has 3 aromatic rings. The normalized spacial score (nSPS) is 10.4. The van der Waals surface area contributed by atoms with Crippen LogP contribution in [0.4, 0.5) is 5.69 Å². The molecule has 3 rings (SSSR count). The van der Waals surface area contributed by atoms with Gasteiger partial charge in [0.25, 0.3) is 5.91 Å². The van der Waals surface area contributed by atoms with E-state index < -0.39 is 0 Å². The van der Waals surface area contributed by atoms with Crippen molar-refractivity contribution in [2.45, 2.75) is 24.0 Å². The third kappa shape index (κ3) is 4.77. The van der Waals surface area contributed by atoms with E-state index in [0.717, 1.165) is 16.4 Å². The molecule has 0 saturated heterocycles. The van der Waals surface area contributed by atoms with E-state index in [-0.39, 0.29) is 5.91 Å². The topological polar surface area (TPSA) is 71.9 Å². The molecule has 0 aliphatic heterocycles. The molecule has 6 nitrogen and oxygen atoms in total. The Labute approximate surface area is 162 Å². The number of carbonyl (C=O) groups is 1. The van der Waals surface area contributed by atoms with Crippen LogP contribution in [0.15, 0.2) is 71.8 Å². The second-order valence-corrected chi connectivity index (χ2v) is 6.82. The van der Waals surface area contributed by atoms with Crippen molar-refractivity contribution in [1.82, 2.24) is 19.9 Å². The van der Waals surface area contributed by atoms with Gasteiger partial charge in [0, 0.05) is 30.3 Å². The standard InChI is InChI=1S/C20H19N5OS/c1-4-10-25(17-6-5-9-21-13-17)19(26)16-7-8-18(22-12-16)27-20-23-14(2)11-15(3)24-20/h4-9,11-13H,1,10H2,2-3H3. The van der Waals surface area contributed by atoms with Crippen LogP contribution in [0, 0.1) is 13.8 Å². The SMILES string of the molecule is C=CCN(C(=O)c1ccc(Sc2nc(C)cc(C)n2)nc1)c1cccnc1. The van der Waals surface area contributed by atoms with Crippen LogP contribution in [-0.4, -0.2) is 32.4 Å². The van der Waals surface area contributed by atoms with Gasteiger partial charge in [0.2, 0.25) is 0 Å². The molecule has 0 radical (unpaired) electrons. The van der Waals surface area contributed by atoms with E-state index in [0.29, 0.717) is 23.0 Å². The minimum absolute atomic E-state index is 0.158. The number of hydrogen-bond donors (Lipinski definition) is 0. The van der Waals surface area contributed by atoms with Gasteiger partial charge in [-0.2, -0.15) is 0 Å². The highest BCUT2D eigenvalue weighted by molar-refractivity contribution is 7.99. The number of aromatic nitrogens is 4. The first-order chi connectivity index (χ1) is 13.1. The van der Waals surface area contributed by atoms with Crippen LogP contribution < -0.4 is 4.90 Å². The lowest BCUT2D eigenvalue weighted by atomic mass is 10.2. The molecule has 7 heteroatoms. The summed E-state index contributed by atoms with van der Waals surface area (Å²) in [4.78, 5) is 31.7. The summed E-state index contributed by atoms with van der Waals surface area (Å²) >= 11 is 1.37. The molecule has 0 aliphatic carbocycles. The lowest BCUT2D eigenvalue weighted by molar-refractivity contribution is 0.0989. The Hall–Kier alpha value is -3.06. The first-order valence-electron chi connectivity index (χ1n) is 8.36. The van der Waals surface area contributed by atoms with Crippen molar-refractivity contribution in [3.8, 4) is 0 Å². The highest BCUT2D eigenvalue weighted by Crippen LogP contribution is 2.24. The van der Waals surface area contributed by atoms with Crippen molar-refractivity contribution in [2.75, 3.05) is 11.4 Å². The van der Waals surface area contributed by atoms with Gasteiger partial charge in [0.15, 0.2) is 5.16 Å². The third-order valence-electron chi connectivity index (χ3n) is 3.66. The van der Waals surface area contributed by atoms with Gasteiger partial charge in [-0.1, -0.05) is 6.08 Å².